The molecule has 1 N–H and O–H groups in total. The van der Waals surface area contributed by atoms with Crippen LogP contribution in [0.2, 0.25) is 0 Å². The van der Waals surface area contributed by atoms with Gasteiger partial charge in [0.05, 0.1) is 23.8 Å². The van der Waals surface area contributed by atoms with E-state index in [0.717, 1.165) is 0 Å². The van der Waals surface area contributed by atoms with Crippen molar-refractivity contribution in [3.63, 3.8) is 0 Å². The SMILES string of the molecule is COc1ccc(Oc2cc(NC(=O)c3ccc(COc4ccc(C(C)(C)C)cc4)o3)cc([N+](=O)[O-])c2)cc1. The average molecular weight is 517 g/mol. The first-order valence-corrected chi connectivity index (χ1v) is 11.9. The largest absolute Gasteiger partial charge is 0.497 e. The van der Waals surface area contributed by atoms with Crippen LogP contribution in [0.1, 0.15) is 42.6 Å². The number of non-ortho nitro benzene ring substituents is 1. The zero-order valence-electron chi connectivity index (χ0n) is 21.5. The molecule has 0 atom stereocenters. The highest BCUT2D eigenvalue weighted by Crippen LogP contribution is 2.31. The topological polar surface area (TPSA) is 113 Å². The van der Waals surface area contributed by atoms with Crippen LogP contribution in [-0.4, -0.2) is 17.9 Å². The van der Waals surface area contributed by atoms with Crippen molar-refractivity contribution in [1.29, 1.82) is 0 Å². The van der Waals surface area contributed by atoms with Crippen LogP contribution in [0.3, 0.4) is 0 Å². The monoisotopic (exact) mass is 516 g/mol. The first-order chi connectivity index (χ1) is 18.1. The summed E-state index contributed by atoms with van der Waals surface area (Å²) in [6.45, 7) is 6.56. The van der Waals surface area contributed by atoms with Gasteiger partial charge in [-0.2, -0.15) is 0 Å². The number of benzene rings is 3. The van der Waals surface area contributed by atoms with Crippen molar-refractivity contribution >= 4 is 17.3 Å². The number of hydrogen-bond acceptors (Lipinski definition) is 7. The Kier molecular flexibility index (Phi) is 7.66. The molecule has 0 aliphatic heterocycles. The number of carbonyl (C=O) groups excluding carboxylic acids is 1. The standard InChI is InChI=1S/C29H28N2O7/c1-29(2,3)19-5-7-23(8-6-19)36-18-25-13-14-27(38-25)28(32)30-20-15-21(31(33)34)17-26(16-20)37-24-11-9-22(35-4)10-12-24/h5-17H,18H2,1-4H3,(H,30,32). The van der Waals surface area contributed by atoms with E-state index < -0.39 is 10.8 Å². The molecule has 0 unspecified atom stereocenters. The van der Waals surface area contributed by atoms with E-state index in [2.05, 4.69) is 26.1 Å². The Hall–Kier alpha value is -4.79. The summed E-state index contributed by atoms with van der Waals surface area (Å²) >= 11 is 0. The number of hydrogen-bond donors (Lipinski definition) is 1. The molecule has 9 nitrogen and oxygen atoms in total. The van der Waals surface area contributed by atoms with Crippen molar-refractivity contribution in [1.82, 2.24) is 0 Å². The molecule has 0 saturated carbocycles. The first-order valence-electron chi connectivity index (χ1n) is 11.9. The molecule has 0 saturated heterocycles. The Morgan fingerprint density at radius 1 is 0.895 bits per heavy atom. The molecule has 1 amide bonds. The summed E-state index contributed by atoms with van der Waals surface area (Å²) in [6.07, 6.45) is 0. The second-order valence-corrected chi connectivity index (χ2v) is 9.53. The Morgan fingerprint density at radius 3 is 2.18 bits per heavy atom. The fourth-order valence-corrected chi connectivity index (χ4v) is 3.58. The summed E-state index contributed by atoms with van der Waals surface area (Å²) in [6, 6.07) is 21.7. The van der Waals surface area contributed by atoms with Crippen LogP contribution in [0.5, 0.6) is 23.0 Å². The molecule has 9 heteroatoms. The molecule has 0 aliphatic rings. The predicted octanol–water partition coefficient (Wildman–Crippen LogP) is 7.12. The predicted molar refractivity (Wildman–Crippen MR) is 142 cm³/mol. The second-order valence-electron chi connectivity index (χ2n) is 9.53. The highest BCUT2D eigenvalue weighted by Gasteiger charge is 2.17. The van der Waals surface area contributed by atoms with Crippen molar-refractivity contribution in [3.8, 4) is 23.0 Å². The number of nitrogens with one attached hydrogen (secondary N) is 1. The third kappa shape index (κ3) is 6.70. The third-order valence-corrected chi connectivity index (χ3v) is 5.64. The van der Waals surface area contributed by atoms with Gasteiger partial charge in [-0.3, -0.25) is 14.9 Å². The van der Waals surface area contributed by atoms with Gasteiger partial charge in [0.25, 0.3) is 11.6 Å². The van der Waals surface area contributed by atoms with Crippen LogP contribution < -0.4 is 19.5 Å². The third-order valence-electron chi connectivity index (χ3n) is 5.64. The second kappa shape index (κ2) is 11.1. The van der Waals surface area contributed by atoms with Crippen LogP contribution in [-0.2, 0) is 12.0 Å². The van der Waals surface area contributed by atoms with Gasteiger partial charge in [0, 0.05) is 12.1 Å². The molecule has 38 heavy (non-hydrogen) atoms. The maximum absolute atomic E-state index is 12.8. The molecule has 196 valence electrons. The molecule has 0 bridgehead atoms. The molecule has 4 aromatic rings. The van der Waals surface area contributed by atoms with E-state index in [1.54, 1.807) is 37.4 Å². The Labute approximate surface area is 220 Å². The number of nitro groups is 1. The van der Waals surface area contributed by atoms with Crippen molar-refractivity contribution in [2.24, 2.45) is 0 Å². The van der Waals surface area contributed by atoms with Crippen LogP contribution in [0.25, 0.3) is 0 Å². The number of ether oxygens (including phenoxy) is 3. The van der Waals surface area contributed by atoms with Crippen molar-refractivity contribution in [2.45, 2.75) is 32.8 Å². The summed E-state index contributed by atoms with van der Waals surface area (Å²) in [5.74, 6) is 1.89. The molecule has 3 aromatic carbocycles. The molecule has 4 rings (SSSR count). The molecule has 1 heterocycles. The van der Waals surface area contributed by atoms with Crippen molar-refractivity contribution < 1.29 is 28.3 Å². The van der Waals surface area contributed by atoms with Gasteiger partial charge in [0.1, 0.15) is 35.4 Å². The van der Waals surface area contributed by atoms with Gasteiger partial charge in [-0.15, -0.1) is 0 Å². The fraction of sp³-hybridized carbons (Fsp3) is 0.207. The van der Waals surface area contributed by atoms with E-state index in [9.17, 15) is 14.9 Å². The van der Waals surface area contributed by atoms with Gasteiger partial charge >= 0.3 is 0 Å². The molecular formula is C29H28N2O7. The lowest BCUT2D eigenvalue weighted by Gasteiger charge is -2.19. The van der Waals surface area contributed by atoms with Gasteiger partial charge in [-0.1, -0.05) is 32.9 Å². The summed E-state index contributed by atoms with van der Waals surface area (Å²) in [5, 5.41) is 14.1. The van der Waals surface area contributed by atoms with E-state index in [1.807, 2.05) is 24.3 Å². The molecule has 1 aromatic heterocycles. The molecule has 0 radical (unpaired) electrons. The first kappa shape index (κ1) is 26.3. The number of nitrogens with zero attached hydrogens (tertiary/aromatic N) is 1. The highest BCUT2D eigenvalue weighted by atomic mass is 16.6. The minimum atomic E-state index is -0.568. The average Bonchev–Trinajstić information content (AvgIpc) is 3.37. The van der Waals surface area contributed by atoms with Crippen molar-refractivity contribution in [3.05, 3.63) is 106 Å². The fourth-order valence-electron chi connectivity index (χ4n) is 3.58. The minimum Gasteiger partial charge on any atom is -0.497 e. The Balaban J connectivity index is 1.42. The van der Waals surface area contributed by atoms with E-state index in [4.69, 9.17) is 18.6 Å². The van der Waals surface area contributed by atoms with E-state index in [0.29, 0.717) is 23.0 Å². The van der Waals surface area contributed by atoms with Crippen LogP contribution in [0, 0.1) is 10.1 Å². The highest BCUT2D eigenvalue weighted by molar-refractivity contribution is 6.02. The van der Waals surface area contributed by atoms with E-state index in [1.165, 1.54) is 29.8 Å². The maximum Gasteiger partial charge on any atom is 0.291 e. The lowest BCUT2D eigenvalue weighted by molar-refractivity contribution is -0.384. The number of furan rings is 1. The summed E-state index contributed by atoms with van der Waals surface area (Å²) in [4.78, 5) is 23.7. The lowest BCUT2D eigenvalue weighted by atomic mass is 9.87. The van der Waals surface area contributed by atoms with Gasteiger partial charge in [-0.25, -0.2) is 0 Å². The lowest BCUT2D eigenvalue weighted by Crippen LogP contribution is -2.11. The van der Waals surface area contributed by atoms with E-state index in [-0.39, 0.29) is 34.9 Å². The molecule has 0 spiro atoms. The maximum atomic E-state index is 12.8. The van der Waals surface area contributed by atoms with Crippen LogP contribution in [0.15, 0.2) is 83.3 Å². The zero-order valence-corrected chi connectivity index (χ0v) is 21.5. The van der Waals surface area contributed by atoms with Gasteiger partial charge in [0.15, 0.2) is 5.76 Å². The number of rotatable bonds is 9. The molecular weight excluding hydrogens is 488 g/mol. The Morgan fingerprint density at radius 2 is 1.55 bits per heavy atom. The summed E-state index contributed by atoms with van der Waals surface area (Å²) < 4.78 is 22.3. The quantitative estimate of drug-likeness (QED) is 0.186. The van der Waals surface area contributed by atoms with Crippen molar-refractivity contribution in [2.75, 3.05) is 12.4 Å². The summed E-state index contributed by atoms with van der Waals surface area (Å²) in [7, 11) is 1.55. The zero-order chi connectivity index (χ0) is 27.3. The molecule has 0 fully saturated rings. The minimum absolute atomic E-state index is 0.0378. The number of nitro benzene ring substituents is 1. The summed E-state index contributed by atoms with van der Waals surface area (Å²) in [5.41, 5.74) is 1.18. The van der Waals surface area contributed by atoms with Gasteiger partial charge in [-0.05, 0) is 59.5 Å². The normalized spacial score (nSPS) is 11.1. The van der Waals surface area contributed by atoms with Gasteiger partial charge in [0.2, 0.25) is 0 Å². The smallest absolute Gasteiger partial charge is 0.291 e. The van der Waals surface area contributed by atoms with Crippen LogP contribution in [0.4, 0.5) is 11.4 Å². The number of amides is 1. The van der Waals surface area contributed by atoms with E-state index >= 15 is 0 Å². The molecule has 0 aliphatic carbocycles. The Bertz CT molecular complexity index is 1420. The number of anilines is 1. The number of carbonyl (C=O) groups is 1. The van der Waals surface area contributed by atoms with Gasteiger partial charge < -0.3 is 23.9 Å². The van der Waals surface area contributed by atoms with Crippen LogP contribution >= 0.6 is 0 Å². The number of methoxy groups -OCH3 is 1.